The predicted octanol–water partition coefficient (Wildman–Crippen LogP) is -4.04. The van der Waals surface area contributed by atoms with Crippen molar-refractivity contribution < 1.29 is 58.2 Å². The van der Waals surface area contributed by atoms with Crippen molar-refractivity contribution in [3.63, 3.8) is 0 Å². The molecule has 1 aromatic heterocycles. The van der Waals surface area contributed by atoms with Crippen molar-refractivity contribution in [2.45, 2.75) is 83.2 Å². The van der Waals surface area contributed by atoms with E-state index in [-0.39, 0.29) is 42.6 Å². The molecule has 0 bridgehead atoms. The van der Waals surface area contributed by atoms with Gasteiger partial charge in [-0.25, -0.2) is 4.79 Å². The fraction of sp³-hybridized carbons (Fsp3) is 0.550. The molecule has 1 aromatic carbocycles. The molecule has 2 aromatic rings. The maximum Gasteiger partial charge on any atom is 0.327 e. The Balaban J connectivity index is 1.89. The summed E-state index contributed by atoms with van der Waals surface area (Å²) in [7, 11) is 0. The smallest absolute Gasteiger partial charge is 0.327 e. The van der Waals surface area contributed by atoms with Gasteiger partial charge in [-0.2, -0.15) is 25.3 Å². The van der Waals surface area contributed by atoms with Gasteiger partial charge in [-0.1, -0.05) is 45.9 Å². The molecule has 6 atom stereocenters. The molecule has 0 aliphatic heterocycles. The molecule has 14 N–H and O–H groups in total. The summed E-state index contributed by atoms with van der Waals surface area (Å²) >= 11 is 7.94. The average molecular weight is 952 g/mol. The maximum absolute atomic E-state index is 13.2. The van der Waals surface area contributed by atoms with Crippen LogP contribution < -0.4 is 53.6 Å². The van der Waals surface area contributed by atoms with Gasteiger partial charge in [-0.05, 0) is 36.3 Å². The number of thiol groups is 2. The van der Waals surface area contributed by atoms with Crippen LogP contribution in [0, 0.1) is 11.8 Å². The minimum absolute atomic E-state index is 0.0218. The Bertz CT molecular complexity index is 2000. The molecular formula is C40H61N11O12S2. The number of rotatable bonds is 28. The number of aliphatic carboxylic acids is 1. The zero-order valence-electron chi connectivity index (χ0n) is 36.5. The Hall–Kier alpha value is -5.92. The summed E-state index contributed by atoms with van der Waals surface area (Å²) in [5, 5.41) is 41.3. The molecule has 0 spiro atoms. The molecule has 2 rings (SSSR count). The third-order valence-electron chi connectivity index (χ3n) is 9.33. The predicted molar refractivity (Wildman–Crippen MR) is 243 cm³/mol. The molecule has 0 aliphatic carbocycles. The number of aliphatic hydroxyl groups is 1. The van der Waals surface area contributed by atoms with E-state index in [1.807, 2.05) is 24.3 Å². The standard InChI is InChI=1S/C40H61N11O12S2/c1-20(2)9-26(38(60)50-29(17-52)37(59)46-16-34(56)48-27(10-21(3)4)39(61)51-30(19-65)40(62)63)47-33(55)15-44-31(53)13-43-32(54)14-45-36(58)28(49-35(57)24(41)18-64)11-22-12-42-25-8-6-5-7-23(22)25/h5-8,12,20-21,24,26-30,42,52,64-65H,9-11,13-19,41H2,1-4H3,(H,43,54)(H,44,53)(H,45,58)(H,46,59)(H,47,55)(H,48,56)(H,49,57)(H,50,60)(H,51,61)(H,62,63)/t24-,26-,27-,28-,29-,30-/m0/s1. The van der Waals surface area contributed by atoms with Gasteiger partial charge in [-0.3, -0.25) is 43.2 Å². The van der Waals surface area contributed by atoms with E-state index in [0.29, 0.717) is 0 Å². The van der Waals surface area contributed by atoms with Crippen LogP contribution in [0.1, 0.15) is 46.1 Å². The fourth-order valence-corrected chi connectivity index (χ4v) is 6.39. The van der Waals surface area contributed by atoms with Gasteiger partial charge in [0, 0.05) is 35.0 Å². The van der Waals surface area contributed by atoms with Crippen LogP contribution in [0.3, 0.4) is 0 Å². The van der Waals surface area contributed by atoms with Gasteiger partial charge < -0.3 is 68.8 Å². The normalized spacial score (nSPS) is 13.8. The molecule has 0 aliphatic rings. The number of nitrogens with one attached hydrogen (secondary N) is 10. The first kappa shape index (κ1) is 55.2. The van der Waals surface area contributed by atoms with Gasteiger partial charge in [0.25, 0.3) is 0 Å². The van der Waals surface area contributed by atoms with Crippen LogP contribution in [0.5, 0.6) is 0 Å². The average Bonchev–Trinajstić information content (AvgIpc) is 3.67. The first-order valence-electron chi connectivity index (χ1n) is 20.6. The summed E-state index contributed by atoms with van der Waals surface area (Å²) in [6.07, 6.45) is 1.97. The van der Waals surface area contributed by atoms with Crippen LogP contribution in [0.15, 0.2) is 30.5 Å². The van der Waals surface area contributed by atoms with Gasteiger partial charge >= 0.3 is 5.97 Å². The minimum Gasteiger partial charge on any atom is -0.480 e. The van der Waals surface area contributed by atoms with Crippen molar-refractivity contribution in [2.75, 3.05) is 44.3 Å². The second-order valence-corrected chi connectivity index (χ2v) is 16.5. The van der Waals surface area contributed by atoms with E-state index in [9.17, 15) is 58.2 Å². The fourth-order valence-electron chi connectivity index (χ4n) is 5.98. The maximum atomic E-state index is 13.2. The number of carbonyl (C=O) groups is 10. The molecule has 0 saturated heterocycles. The number of para-hydroxylation sites is 1. The number of aliphatic hydroxyl groups excluding tert-OH is 1. The molecule has 0 radical (unpaired) electrons. The highest BCUT2D eigenvalue weighted by molar-refractivity contribution is 7.80. The highest BCUT2D eigenvalue weighted by Gasteiger charge is 2.30. The largest absolute Gasteiger partial charge is 0.480 e. The highest BCUT2D eigenvalue weighted by Crippen LogP contribution is 2.19. The number of H-pyrrole nitrogens is 1. The van der Waals surface area contributed by atoms with E-state index in [1.54, 1.807) is 33.9 Å². The number of nitrogens with two attached hydrogens (primary N) is 1. The molecule has 0 unspecified atom stereocenters. The van der Waals surface area contributed by atoms with Gasteiger partial charge in [0.15, 0.2) is 0 Å². The van der Waals surface area contributed by atoms with Gasteiger partial charge in [0.2, 0.25) is 53.2 Å². The molecule has 360 valence electrons. The van der Waals surface area contributed by atoms with E-state index >= 15 is 0 Å². The van der Waals surface area contributed by atoms with Gasteiger partial charge in [-0.15, -0.1) is 0 Å². The van der Waals surface area contributed by atoms with E-state index in [1.165, 1.54) is 0 Å². The van der Waals surface area contributed by atoms with Crippen LogP contribution in [0.2, 0.25) is 0 Å². The number of fused-ring (bicyclic) bond motifs is 1. The van der Waals surface area contributed by atoms with E-state index in [4.69, 9.17) is 5.73 Å². The van der Waals surface area contributed by atoms with Gasteiger partial charge in [0.1, 0.15) is 30.2 Å². The van der Waals surface area contributed by atoms with Gasteiger partial charge in [0.05, 0.1) is 38.8 Å². The van der Waals surface area contributed by atoms with Crippen LogP contribution >= 0.6 is 25.3 Å². The van der Waals surface area contributed by atoms with Crippen LogP contribution in [0.4, 0.5) is 0 Å². The molecule has 23 nitrogen and oxygen atoms in total. The number of aromatic amines is 1. The van der Waals surface area contributed by atoms with Crippen molar-refractivity contribution in [3.05, 3.63) is 36.0 Å². The number of amides is 9. The Morgan fingerprint density at radius 3 is 1.54 bits per heavy atom. The lowest BCUT2D eigenvalue weighted by atomic mass is 10.0. The Morgan fingerprint density at radius 2 is 1.05 bits per heavy atom. The number of carboxylic acids is 1. The Kier molecular flexibility index (Phi) is 23.9. The SMILES string of the molecule is CC(C)C[C@H](NC(=O)CNC(=O)[C@H](CO)NC(=O)[C@H](CC(C)C)NC(=O)CNC(=O)CNC(=O)CNC(=O)[C@H](Cc1c[nH]c2ccccc12)NC(=O)[C@@H](N)CS)C(=O)N[C@@H](CS)C(=O)O. The van der Waals surface area contributed by atoms with E-state index in [0.717, 1.165) is 16.5 Å². The number of aromatic nitrogens is 1. The zero-order valence-corrected chi connectivity index (χ0v) is 38.3. The Labute approximate surface area is 386 Å². The second kappa shape index (κ2) is 28.1. The highest BCUT2D eigenvalue weighted by atomic mass is 32.1. The lowest BCUT2D eigenvalue weighted by Crippen LogP contribution is -2.57. The van der Waals surface area contributed by atoms with Crippen molar-refractivity contribution >= 4 is 95.3 Å². The van der Waals surface area contributed by atoms with Crippen molar-refractivity contribution in [2.24, 2.45) is 17.6 Å². The van der Waals surface area contributed by atoms with E-state index in [2.05, 4.69) is 78.1 Å². The summed E-state index contributed by atoms with van der Waals surface area (Å²) in [6, 6.07) is -0.0386. The zero-order chi connectivity index (χ0) is 48.8. The third kappa shape index (κ3) is 19.8. The number of hydrogen-bond donors (Lipinski definition) is 15. The molecule has 9 amide bonds. The van der Waals surface area contributed by atoms with Crippen LogP contribution in [-0.4, -0.2) is 155 Å². The van der Waals surface area contributed by atoms with E-state index < -0.39 is 128 Å². The number of carbonyl (C=O) groups excluding carboxylic acids is 9. The third-order valence-corrected chi connectivity index (χ3v) is 10.1. The molecule has 0 saturated carbocycles. The summed E-state index contributed by atoms with van der Waals surface area (Å²) in [5.74, 6) is -8.90. The van der Waals surface area contributed by atoms with Crippen LogP contribution in [0.25, 0.3) is 10.9 Å². The lowest BCUT2D eigenvalue weighted by Gasteiger charge is -2.24. The Morgan fingerprint density at radius 1 is 0.585 bits per heavy atom. The molecular weight excluding hydrogens is 891 g/mol. The summed E-state index contributed by atoms with van der Waals surface area (Å²) < 4.78 is 0. The summed E-state index contributed by atoms with van der Waals surface area (Å²) in [5.41, 5.74) is 7.32. The molecule has 65 heavy (non-hydrogen) atoms. The number of carboxylic acid groups (broad SMARTS) is 1. The van der Waals surface area contributed by atoms with Crippen molar-refractivity contribution in [1.29, 1.82) is 0 Å². The quantitative estimate of drug-likeness (QED) is 0.0362. The first-order chi connectivity index (χ1) is 30.7. The lowest BCUT2D eigenvalue weighted by molar-refractivity contribution is -0.141. The molecule has 0 fully saturated rings. The van der Waals surface area contributed by atoms with Crippen LogP contribution in [-0.2, 0) is 54.4 Å². The number of hydrogen-bond acceptors (Lipinski definition) is 14. The second-order valence-electron chi connectivity index (χ2n) is 15.7. The van der Waals surface area contributed by atoms with Crippen molar-refractivity contribution in [3.8, 4) is 0 Å². The first-order valence-corrected chi connectivity index (χ1v) is 21.9. The monoisotopic (exact) mass is 951 g/mol. The minimum atomic E-state index is -1.57. The molecule has 1 heterocycles. The summed E-state index contributed by atoms with van der Waals surface area (Å²) in [4.78, 5) is 130. The topological polar surface area (TPSA) is 361 Å². The molecule has 25 heteroatoms. The van der Waals surface area contributed by atoms with Crippen molar-refractivity contribution in [1.82, 2.24) is 52.8 Å². The summed E-state index contributed by atoms with van der Waals surface area (Å²) in [6.45, 7) is 3.68. The number of benzene rings is 1.